The van der Waals surface area contributed by atoms with Crippen molar-refractivity contribution in [3.8, 4) is 0 Å². The first-order valence-corrected chi connectivity index (χ1v) is 22.3. The lowest BCUT2D eigenvalue weighted by Crippen LogP contribution is -2.59. The van der Waals surface area contributed by atoms with Gasteiger partial charge in [-0.25, -0.2) is 0 Å². The zero-order valence-electron chi connectivity index (χ0n) is 34.5. The summed E-state index contributed by atoms with van der Waals surface area (Å²) in [4.78, 5) is 25.3. The van der Waals surface area contributed by atoms with Gasteiger partial charge in [0.05, 0.1) is 13.2 Å². The van der Waals surface area contributed by atoms with Crippen molar-refractivity contribution in [3.63, 3.8) is 0 Å². The van der Waals surface area contributed by atoms with Crippen molar-refractivity contribution in [2.24, 2.45) is 0 Å². The smallest absolute Gasteiger partial charge is 0.306 e. The normalized spacial score (nSPS) is 20.7. The van der Waals surface area contributed by atoms with Gasteiger partial charge in [0.1, 0.15) is 31.0 Å². The Morgan fingerprint density at radius 1 is 0.556 bits per heavy atom. The standard InChI is InChI=1S/C44H82O10/c1-3-5-7-9-11-13-15-17-19-21-22-24-26-28-30-32-39(46)51-35-37(36-52-44-43(50)42(49)41(48)38(34-45)54-44)53-40(47)33-31-29-27-25-23-20-18-16-14-12-10-8-6-4-2/h13,15,37-38,41-45,48-50H,3-12,14,16-36H2,1-2H3/b15-13+/t37-,38-,41+,42?,43?,44-/m0/s1. The summed E-state index contributed by atoms with van der Waals surface area (Å²) in [6.45, 7) is 3.42. The van der Waals surface area contributed by atoms with Crippen molar-refractivity contribution < 1.29 is 49.0 Å². The summed E-state index contributed by atoms with van der Waals surface area (Å²) in [5.74, 6) is -0.803. The summed E-state index contributed by atoms with van der Waals surface area (Å²) < 4.78 is 22.1. The molecule has 0 radical (unpaired) electrons. The average Bonchev–Trinajstić information content (AvgIpc) is 3.17. The van der Waals surface area contributed by atoms with Crippen LogP contribution in [0.15, 0.2) is 12.2 Å². The Labute approximate surface area is 329 Å². The number of hydrogen-bond donors (Lipinski definition) is 4. The number of ether oxygens (including phenoxy) is 4. The molecule has 4 N–H and O–H groups in total. The molecule has 1 aliphatic heterocycles. The maximum atomic E-state index is 12.7. The fourth-order valence-electron chi connectivity index (χ4n) is 6.83. The second-order valence-corrected chi connectivity index (χ2v) is 15.5. The Kier molecular flexibility index (Phi) is 33.5. The summed E-state index contributed by atoms with van der Waals surface area (Å²) in [5.41, 5.74) is 0. The lowest BCUT2D eigenvalue weighted by Gasteiger charge is -2.39. The van der Waals surface area contributed by atoms with Gasteiger partial charge in [-0.2, -0.15) is 0 Å². The van der Waals surface area contributed by atoms with E-state index in [4.69, 9.17) is 18.9 Å². The van der Waals surface area contributed by atoms with Crippen LogP contribution in [0.2, 0.25) is 0 Å². The highest BCUT2D eigenvalue weighted by atomic mass is 16.7. The molecule has 0 aromatic rings. The van der Waals surface area contributed by atoms with E-state index in [1.807, 2.05) is 0 Å². The van der Waals surface area contributed by atoms with Gasteiger partial charge in [-0.1, -0.05) is 161 Å². The predicted octanol–water partition coefficient (Wildman–Crippen LogP) is 9.17. The second kappa shape index (κ2) is 35.8. The molecule has 6 atom stereocenters. The molecule has 0 amide bonds. The van der Waals surface area contributed by atoms with E-state index >= 15 is 0 Å². The highest BCUT2D eigenvalue weighted by molar-refractivity contribution is 5.70. The molecule has 0 spiro atoms. The number of allylic oxidation sites excluding steroid dienone is 2. The molecule has 54 heavy (non-hydrogen) atoms. The molecule has 10 nitrogen and oxygen atoms in total. The average molecular weight is 771 g/mol. The highest BCUT2D eigenvalue weighted by Crippen LogP contribution is 2.23. The molecule has 1 heterocycles. The van der Waals surface area contributed by atoms with Gasteiger partial charge in [-0.15, -0.1) is 0 Å². The number of unbranched alkanes of at least 4 members (excludes halogenated alkanes) is 24. The summed E-state index contributed by atoms with van der Waals surface area (Å²) in [5, 5.41) is 40.0. The van der Waals surface area contributed by atoms with Crippen molar-refractivity contribution in [2.75, 3.05) is 19.8 Å². The topological polar surface area (TPSA) is 152 Å². The van der Waals surface area contributed by atoms with Crippen LogP contribution in [-0.4, -0.2) is 89.0 Å². The highest BCUT2D eigenvalue weighted by Gasteiger charge is 2.44. The first-order chi connectivity index (χ1) is 26.3. The second-order valence-electron chi connectivity index (χ2n) is 15.5. The number of hydrogen-bond acceptors (Lipinski definition) is 10. The molecule has 1 fully saturated rings. The van der Waals surface area contributed by atoms with Crippen LogP contribution < -0.4 is 0 Å². The van der Waals surface area contributed by atoms with E-state index in [1.165, 1.54) is 116 Å². The van der Waals surface area contributed by atoms with Crippen LogP contribution in [0.3, 0.4) is 0 Å². The summed E-state index contributed by atoms with van der Waals surface area (Å²) >= 11 is 0. The molecule has 2 unspecified atom stereocenters. The van der Waals surface area contributed by atoms with Gasteiger partial charge in [0.2, 0.25) is 0 Å². The SMILES string of the molecule is CCCCCC/C=C/CCCCCCCCCC(=O)OC[C@@H](CO[C@H]1O[C@@H](CO)[C@@H](O)C(O)C1O)OC(=O)CCCCCCCCCCCCCCCC. The fraction of sp³-hybridized carbons (Fsp3) is 0.909. The van der Waals surface area contributed by atoms with Gasteiger partial charge in [-0.05, 0) is 38.5 Å². The van der Waals surface area contributed by atoms with Crippen LogP contribution in [0.1, 0.15) is 200 Å². The van der Waals surface area contributed by atoms with Crippen LogP contribution in [0, 0.1) is 0 Å². The van der Waals surface area contributed by atoms with Crippen LogP contribution in [0.4, 0.5) is 0 Å². The van der Waals surface area contributed by atoms with Gasteiger partial charge < -0.3 is 39.4 Å². The van der Waals surface area contributed by atoms with E-state index in [0.29, 0.717) is 6.42 Å². The van der Waals surface area contributed by atoms with E-state index < -0.39 is 49.4 Å². The molecule has 0 bridgehead atoms. The molecular weight excluding hydrogens is 688 g/mol. The Morgan fingerprint density at radius 3 is 1.46 bits per heavy atom. The monoisotopic (exact) mass is 771 g/mol. The van der Waals surface area contributed by atoms with Gasteiger partial charge in [0.25, 0.3) is 0 Å². The molecule has 0 aromatic carbocycles. The minimum Gasteiger partial charge on any atom is -0.462 e. The first kappa shape index (κ1) is 50.5. The minimum atomic E-state index is -1.59. The molecule has 1 rings (SSSR count). The van der Waals surface area contributed by atoms with Crippen LogP contribution >= 0.6 is 0 Å². The molecule has 0 aliphatic carbocycles. The zero-order valence-corrected chi connectivity index (χ0v) is 34.5. The number of carbonyl (C=O) groups is 2. The van der Waals surface area contributed by atoms with E-state index in [-0.39, 0.29) is 32.0 Å². The van der Waals surface area contributed by atoms with E-state index in [9.17, 15) is 30.0 Å². The first-order valence-electron chi connectivity index (χ1n) is 22.3. The quantitative estimate of drug-likeness (QED) is 0.0273. The number of rotatable bonds is 37. The lowest BCUT2D eigenvalue weighted by atomic mass is 9.99. The minimum absolute atomic E-state index is 0.214. The van der Waals surface area contributed by atoms with Gasteiger partial charge in [0.15, 0.2) is 12.4 Å². The molecule has 1 aliphatic rings. The predicted molar refractivity (Wildman–Crippen MR) is 215 cm³/mol. The maximum absolute atomic E-state index is 12.7. The Hall–Kier alpha value is -1.56. The zero-order chi connectivity index (χ0) is 39.5. The van der Waals surface area contributed by atoms with Crippen molar-refractivity contribution in [1.29, 1.82) is 0 Å². The van der Waals surface area contributed by atoms with Crippen molar-refractivity contribution >= 4 is 11.9 Å². The van der Waals surface area contributed by atoms with Crippen molar-refractivity contribution in [2.45, 2.75) is 237 Å². The van der Waals surface area contributed by atoms with Gasteiger partial charge >= 0.3 is 11.9 Å². The van der Waals surface area contributed by atoms with E-state index in [2.05, 4.69) is 26.0 Å². The van der Waals surface area contributed by atoms with E-state index in [0.717, 1.165) is 51.4 Å². The summed E-state index contributed by atoms with van der Waals surface area (Å²) in [6, 6.07) is 0. The number of aliphatic hydroxyl groups excluding tert-OH is 4. The third-order valence-corrected chi connectivity index (χ3v) is 10.4. The van der Waals surface area contributed by atoms with Crippen LogP contribution in [0.5, 0.6) is 0 Å². The van der Waals surface area contributed by atoms with Crippen molar-refractivity contribution in [1.82, 2.24) is 0 Å². The Bertz CT molecular complexity index is 897. The fourth-order valence-corrected chi connectivity index (χ4v) is 6.83. The number of aliphatic hydroxyl groups is 4. The van der Waals surface area contributed by atoms with Gasteiger partial charge in [-0.3, -0.25) is 9.59 Å². The maximum Gasteiger partial charge on any atom is 0.306 e. The molecule has 10 heteroatoms. The molecule has 0 saturated carbocycles. The molecule has 1 saturated heterocycles. The lowest BCUT2D eigenvalue weighted by molar-refractivity contribution is -0.305. The number of esters is 2. The Morgan fingerprint density at radius 2 is 0.981 bits per heavy atom. The summed E-state index contributed by atoms with van der Waals surface area (Å²) in [6.07, 6.45) is 29.3. The van der Waals surface area contributed by atoms with E-state index in [1.54, 1.807) is 0 Å². The number of carbonyl (C=O) groups excluding carboxylic acids is 2. The molecule has 0 aromatic heterocycles. The van der Waals surface area contributed by atoms with Crippen LogP contribution in [0.25, 0.3) is 0 Å². The van der Waals surface area contributed by atoms with Crippen molar-refractivity contribution in [3.05, 3.63) is 12.2 Å². The third-order valence-electron chi connectivity index (χ3n) is 10.4. The third kappa shape index (κ3) is 27.1. The Balaban J connectivity index is 2.33. The van der Waals surface area contributed by atoms with Crippen LogP contribution in [-0.2, 0) is 28.5 Å². The molecular formula is C44H82O10. The largest absolute Gasteiger partial charge is 0.462 e. The van der Waals surface area contributed by atoms with Gasteiger partial charge in [0, 0.05) is 12.8 Å². The summed E-state index contributed by atoms with van der Waals surface area (Å²) in [7, 11) is 0. The molecule has 318 valence electrons.